The van der Waals surface area contributed by atoms with E-state index >= 15 is 4.39 Å². The molecule has 2 aliphatic rings. The fraction of sp³-hybridized carbons (Fsp3) is 0.562. The van der Waals surface area contributed by atoms with Crippen molar-refractivity contribution < 1.29 is 13.9 Å². The first-order valence-corrected chi connectivity index (χ1v) is 14.9. The predicted octanol–water partition coefficient (Wildman–Crippen LogP) is 7.92. The van der Waals surface area contributed by atoms with E-state index in [9.17, 15) is 4.79 Å². The summed E-state index contributed by atoms with van der Waals surface area (Å²) in [6.45, 7) is 18.9. The fourth-order valence-corrected chi connectivity index (χ4v) is 5.81. The van der Waals surface area contributed by atoms with Crippen LogP contribution in [-0.4, -0.2) is 38.7 Å². The van der Waals surface area contributed by atoms with Crippen LogP contribution in [0, 0.1) is 17.2 Å². The molecule has 216 valence electrons. The van der Waals surface area contributed by atoms with E-state index in [-0.39, 0.29) is 34.2 Å². The number of pyridine rings is 1. The molecule has 2 aromatic rings. The summed E-state index contributed by atoms with van der Waals surface area (Å²) in [6, 6.07) is 0. The Kier molecular flexibility index (Phi) is 9.15. The lowest BCUT2D eigenvalue weighted by molar-refractivity contribution is -0.118. The first-order valence-electron chi connectivity index (χ1n) is 14.5. The number of hydrogen-bond acceptors (Lipinski definition) is 6. The van der Waals surface area contributed by atoms with Crippen LogP contribution in [0.3, 0.4) is 0 Å². The molecule has 0 amide bonds. The molecule has 1 aliphatic carbocycles. The Morgan fingerprint density at radius 1 is 1.15 bits per heavy atom. The molecule has 0 bridgehead atoms. The van der Waals surface area contributed by atoms with Gasteiger partial charge in [0.2, 0.25) is 11.2 Å². The van der Waals surface area contributed by atoms with Crippen LogP contribution in [0.2, 0.25) is 5.28 Å². The quantitative estimate of drug-likeness (QED) is 0.226. The number of carbonyl (C=O) groups is 1. The Morgan fingerprint density at radius 3 is 2.50 bits per heavy atom. The van der Waals surface area contributed by atoms with Crippen molar-refractivity contribution in [1.82, 2.24) is 19.9 Å². The Labute approximate surface area is 243 Å². The topological polar surface area (TPSA) is 68.2 Å². The number of aryl methyl sites for hydroxylation is 1. The Bertz CT molecular complexity index is 1380. The van der Waals surface area contributed by atoms with Crippen LogP contribution < -0.4 is 4.74 Å². The number of nitrogens with zero attached hydrogens (tertiary/aromatic N) is 4. The van der Waals surface area contributed by atoms with Gasteiger partial charge in [-0.25, -0.2) is 14.4 Å². The largest absolute Gasteiger partial charge is 0.417 e. The molecule has 8 heteroatoms. The molecule has 0 atom stereocenters. The van der Waals surface area contributed by atoms with E-state index in [1.807, 2.05) is 20.8 Å². The minimum Gasteiger partial charge on any atom is -0.417 e. The lowest BCUT2D eigenvalue weighted by Crippen LogP contribution is -2.31. The number of aromatic nitrogens is 3. The van der Waals surface area contributed by atoms with Crippen molar-refractivity contribution in [3.8, 4) is 11.8 Å². The summed E-state index contributed by atoms with van der Waals surface area (Å²) in [7, 11) is 0. The second kappa shape index (κ2) is 12.1. The number of carbonyl (C=O) groups excluding carboxylic acids is 1. The molecule has 0 saturated heterocycles. The van der Waals surface area contributed by atoms with Gasteiger partial charge in [0.25, 0.3) is 5.88 Å². The molecule has 0 radical (unpaired) electrons. The first kappa shape index (κ1) is 30.3. The first-order chi connectivity index (χ1) is 18.9. The molecule has 1 aliphatic heterocycles. The summed E-state index contributed by atoms with van der Waals surface area (Å²) < 4.78 is 22.5. The van der Waals surface area contributed by atoms with Gasteiger partial charge in [-0.05, 0) is 72.9 Å². The maximum Gasteiger partial charge on any atom is 0.258 e. The number of fused-ring (bicyclic) bond motifs is 2. The van der Waals surface area contributed by atoms with Crippen molar-refractivity contribution in [3.05, 3.63) is 56.4 Å². The SMILES string of the molecule is CCC1=C(/C(C(=O)C(C)C)=C(\C)C(C)(C)CC)CCc2cnc(Oc3nc(Cl)nc4c3CN(CC)CC4)c(F)c21. The molecule has 0 aromatic carbocycles. The average molecular weight is 569 g/mol. The monoisotopic (exact) mass is 568 g/mol. The number of hydrogen-bond donors (Lipinski definition) is 0. The Morgan fingerprint density at radius 2 is 1.88 bits per heavy atom. The highest BCUT2D eigenvalue weighted by Gasteiger charge is 2.33. The van der Waals surface area contributed by atoms with Crippen LogP contribution in [0.1, 0.15) is 97.0 Å². The second-order valence-corrected chi connectivity index (χ2v) is 12.1. The number of ketones is 1. The second-order valence-electron chi connectivity index (χ2n) is 11.8. The smallest absolute Gasteiger partial charge is 0.258 e. The lowest BCUT2D eigenvalue weighted by Gasteiger charge is -2.32. The number of ether oxygens (including phenoxy) is 1. The van der Waals surface area contributed by atoms with E-state index in [2.05, 4.69) is 54.5 Å². The highest BCUT2D eigenvalue weighted by atomic mass is 35.5. The van der Waals surface area contributed by atoms with Gasteiger partial charge in [0.1, 0.15) is 0 Å². The molecule has 2 aromatic heterocycles. The predicted molar refractivity (Wildman–Crippen MR) is 158 cm³/mol. The van der Waals surface area contributed by atoms with E-state index in [1.165, 1.54) is 0 Å². The fourth-order valence-electron chi connectivity index (χ4n) is 5.63. The van der Waals surface area contributed by atoms with Gasteiger partial charge in [-0.1, -0.05) is 54.0 Å². The van der Waals surface area contributed by atoms with Crippen molar-refractivity contribution in [2.45, 2.75) is 94.0 Å². The van der Waals surface area contributed by atoms with E-state index in [4.69, 9.17) is 16.3 Å². The van der Waals surface area contributed by atoms with Gasteiger partial charge < -0.3 is 4.74 Å². The molecular formula is C32H42ClFN4O2. The van der Waals surface area contributed by atoms with Crippen molar-refractivity contribution in [3.63, 3.8) is 0 Å². The summed E-state index contributed by atoms with van der Waals surface area (Å²) in [4.78, 5) is 29.0. The van der Waals surface area contributed by atoms with Crippen molar-refractivity contribution in [2.24, 2.45) is 11.3 Å². The van der Waals surface area contributed by atoms with Crippen LogP contribution in [0.25, 0.3) is 5.57 Å². The van der Waals surface area contributed by atoms with Gasteiger partial charge in [0.15, 0.2) is 11.6 Å². The van der Waals surface area contributed by atoms with Crippen LogP contribution in [0.15, 0.2) is 22.9 Å². The third-order valence-corrected chi connectivity index (χ3v) is 8.96. The highest BCUT2D eigenvalue weighted by molar-refractivity contribution is 6.28. The number of Topliss-reactive ketones (excluding diaryl/α,β-unsaturated/α-hetero) is 1. The minimum absolute atomic E-state index is 0.0736. The molecule has 0 fully saturated rings. The van der Waals surface area contributed by atoms with Crippen LogP contribution in [0.5, 0.6) is 11.8 Å². The maximum atomic E-state index is 16.4. The average Bonchev–Trinajstić information content (AvgIpc) is 2.93. The van der Waals surface area contributed by atoms with E-state index in [1.54, 1.807) is 6.20 Å². The van der Waals surface area contributed by atoms with Gasteiger partial charge in [-0.2, -0.15) is 4.98 Å². The normalized spacial score (nSPS) is 16.6. The molecule has 4 rings (SSSR count). The molecule has 40 heavy (non-hydrogen) atoms. The number of rotatable bonds is 9. The Hall–Kier alpha value is -2.64. The summed E-state index contributed by atoms with van der Waals surface area (Å²) in [5.74, 6) is -0.474. The molecule has 0 unspecified atom stereocenters. The van der Waals surface area contributed by atoms with Crippen LogP contribution in [0.4, 0.5) is 4.39 Å². The number of allylic oxidation sites excluding steroid dienone is 4. The number of likely N-dealkylation sites (N-methyl/N-ethyl adjacent to an activating group) is 1. The zero-order valence-electron chi connectivity index (χ0n) is 25.2. The molecule has 0 spiro atoms. The van der Waals surface area contributed by atoms with Crippen molar-refractivity contribution >= 4 is 23.0 Å². The zero-order chi connectivity index (χ0) is 29.4. The van der Waals surface area contributed by atoms with E-state index in [0.29, 0.717) is 31.4 Å². The summed E-state index contributed by atoms with van der Waals surface area (Å²) in [5, 5.41) is 0.0736. The van der Waals surface area contributed by atoms with Crippen LogP contribution in [-0.2, 0) is 24.2 Å². The third kappa shape index (κ3) is 5.73. The molecule has 6 nitrogen and oxygen atoms in total. The molecule has 0 saturated carbocycles. The Balaban J connectivity index is 1.87. The standard InChI is InChI=1S/C32H42ClFN4O2/c1-9-21-22(25(28(39)18(4)5)19(6)32(7,8)10-2)13-12-20-16-35-30(27(34)26(20)21)40-29-23-17-38(11-3)15-14-24(23)36-31(33)37-29/h16,18H,9-15,17H2,1-8H3/b25-19-. The summed E-state index contributed by atoms with van der Waals surface area (Å²) in [5.41, 5.74) is 6.42. The van der Waals surface area contributed by atoms with E-state index < -0.39 is 5.82 Å². The van der Waals surface area contributed by atoms with Crippen molar-refractivity contribution in [2.75, 3.05) is 13.1 Å². The molecule has 0 N–H and O–H groups in total. The molecular weight excluding hydrogens is 527 g/mol. The van der Waals surface area contributed by atoms with Gasteiger partial charge in [0, 0.05) is 42.8 Å². The maximum absolute atomic E-state index is 16.4. The van der Waals surface area contributed by atoms with Gasteiger partial charge in [-0.3, -0.25) is 9.69 Å². The third-order valence-electron chi connectivity index (χ3n) is 8.79. The van der Waals surface area contributed by atoms with E-state index in [0.717, 1.165) is 65.0 Å². The van der Waals surface area contributed by atoms with Gasteiger partial charge >= 0.3 is 0 Å². The van der Waals surface area contributed by atoms with Gasteiger partial charge in [-0.15, -0.1) is 0 Å². The van der Waals surface area contributed by atoms with Crippen molar-refractivity contribution in [1.29, 1.82) is 0 Å². The summed E-state index contributed by atoms with van der Waals surface area (Å²) >= 11 is 6.23. The highest BCUT2D eigenvalue weighted by Crippen LogP contribution is 2.44. The minimum atomic E-state index is -0.526. The lowest BCUT2D eigenvalue weighted by atomic mass is 9.72. The summed E-state index contributed by atoms with van der Waals surface area (Å²) in [6.07, 6.45) is 5.18. The number of halogens is 2. The zero-order valence-corrected chi connectivity index (χ0v) is 25.9. The van der Waals surface area contributed by atoms with Gasteiger partial charge in [0.05, 0.1) is 11.3 Å². The van der Waals surface area contributed by atoms with Crippen LogP contribution >= 0.6 is 11.6 Å². The molecule has 3 heterocycles.